The Labute approximate surface area is 108 Å². The van der Waals surface area contributed by atoms with Gasteiger partial charge in [0, 0.05) is 25.0 Å². The Bertz CT molecular complexity index is 320. The van der Waals surface area contributed by atoms with Crippen LogP contribution in [0.25, 0.3) is 0 Å². The first-order valence-corrected chi connectivity index (χ1v) is 6.86. The van der Waals surface area contributed by atoms with Gasteiger partial charge >= 0.3 is 0 Å². The van der Waals surface area contributed by atoms with E-state index in [0.29, 0.717) is 6.04 Å². The molecule has 0 heterocycles. The van der Waals surface area contributed by atoms with Crippen LogP contribution in [0.5, 0.6) is 0 Å². The van der Waals surface area contributed by atoms with Gasteiger partial charge in [-0.15, -0.1) is 0 Å². The average molecular weight is 253 g/mol. The van der Waals surface area contributed by atoms with Crippen molar-refractivity contribution in [3.8, 4) is 0 Å². The predicted molar refractivity (Wildman–Crippen MR) is 68.7 cm³/mol. The lowest BCUT2D eigenvalue weighted by molar-refractivity contribution is -0.139. The fourth-order valence-electron chi connectivity index (χ4n) is 2.47. The molecule has 0 radical (unpaired) electrons. The molecule has 2 saturated carbocycles. The van der Waals surface area contributed by atoms with Crippen molar-refractivity contribution >= 4 is 11.8 Å². The molecular weight excluding hydrogens is 230 g/mol. The number of nitrogens with zero attached hydrogens (tertiary/aromatic N) is 1. The Morgan fingerprint density at radius 2 is 1.78 bits per heavy atom. The number of amides is 2. The first-order valence-electron chi connectivity index (χ1n) is 6.86. The molecule has 18 heavy (non-hydrogen) atoms. The highest BCUT2D eigenvalue weighted by Crippen LogP contribution is 2.24. The maximum atomic E-state index is 12.1. The van der Waals surface area contributed by atoms with E-state index in [2.05, 4.69) is 5.32 Å². The van der Waals surface area contributed by atoms with E-state index < -0.39 is 0 Å². The van der Waals surface area contributed by atoms with Crippen molar-refractivity contribution in [2.45, 2.75) is 50.6 Å². The van der Waals surface area contributed by atoms with Crippen LogP contribution in [-0.2, 0) is 9.59 Å². The zero-order valence-electron chi connectivity index (χ0n) is 11.0. The highest BCUT2D eigenvalue weighted by atomic mass is 16.2. The fraction of sp³-hybridized carbons (Fsp3) is 0.846. The molecule has 2 fully saturated rings. The minimum absolute atomic E-state index is 0.0409. The molecule has 0 unspecified atom stereocenters. The molecule has 0 saturated heterocycles. The minimum Gasteiger partial charge on any atom is -0.352 e. The Balaban J connectivity index is 1.74. The number of likely N-dealkylation sites (N-methyl/N-ethyl adjacent to an activating group) is 1. The number of carbonyl (C=O) groups is 2. The van der Waals surface area contributed by atoms with Crippen LogP contribution in [0.2, 0.25) is 0 Å². The summed E-state index contributed by atoms with van der Waals surface area (Å²) in [7, 11) is 1.71. The summed E-state index contributed by atoms with van der Waals surface area (Å²) in [6.45, 7) is 0.178. The normalized spacial score (nSPS) is 27.7. The summed E-state index contributed by atoms with van der Waals surface area (Å²) in [6.07, 6.45) is 5.69. The van der Waals surface area contributed by atoms with Crippen molar-refractivity contribution in [3.05, 3.63) is 0 Å². The van der Waals surface area contributed by atoms with Crippen molar-refractivity contribution in [1.29, 1.82) is 0 Å². The third-order valence-electron chi connectivity index (χ3n) is 3.82. The van der Waals surface area contributed by atoms with Crippen LogP contribution in [-0.4, -0.2) is 42.4 Å². The van der Waals surface area contributed by atoms with Crippen molar-refractivity contribution in [2.75, 3.05) is 13.6 Å². The van der Waals surface area contributed by atoms with Gasteiger partial charge in [0.05, 0.1) is 6.54 Å². The van der Waals surface area contributed by atoms with Crippen LogP contribution in [0.3, 0.4) is 0 Å². The van der Waals surface area contributed by atoms with E-state index in [1.807, 2.05) is 0 Å². The predicted octanol–water partition coefficient (Wildman–Crippen LogP) is 0.241. The Kier molecular flexibility index (Phi) is 4.22. The smallest absolute Gasteiger partial charge is 0.239 e. The van der Waals surface area contributed by atoms with Crippen LogP contribution in [0, 0.1) is 5.92 Å². The first kappa shape index (κ1) is 13.3. The summed E-state index contributed by atoms with van der Waals surface area (Å²) < 4.78 is 0. The van der Waals surface area contributed by atoms with Gasteiger partial charge in [-0.25, -0.2) is 0 Å². The highest BCUT2D eigenvalue weighted by molar-refractivity contribution is 5.86. The van der Waals surface area contributed by atoms with E-state index in [9.17, 15) is 9.59 Å². The molecule has 5 heteroatoms. The van der Waals surface area contributed by atoms with Crippen molar-refractivity contribution in [2.24, 2.45) is 11.7 Å². The lowest BCUT2D eigenvalue weighted by atomic mass is 9.85. The molecule has 0 aromatic heterocycles. The lowest BCUT2D eigenvalue weighted by Gasteiger charge is -2.28. The lowest BCUT2D eigenvalue weighted by Crippen LogP contribution is -2.43. The van der Waals surface area contributed by atoms with Crippen LogP contribution < -0.4 is 11.1 Å². The standard InChI is InChI=1S/C13H23N3O2/c1-16(8-12(17)15-11-6-7-11)13(18)9-2-4-10(14)5-3-9/h9-11H,2-8,14H2,1H3,(H,15,17). The number of carbonyl (C=O) groups excluding carboxylic acids is 2. The zero-order valence-corrected chi connectivity index (χ0v) is 11.0. The maximum absolute atomic E-state index is 12.1. The number of nitrogens with one attached hydrogen (secondary N) is 1. The Morgan fingerprint density at radius 3 is 2.33 bits per heavy atom. The SMILES string of the molecule is CN(CC(=O)NC1CC1)C(=O)C1CCC(N)CC1. The van der Waals surface area contributed by atoms with Crippen LogP contribution >= 0.6 is 0 Å². The third kappa shape index (κ3) is 3.70. The van der Waals surface area contributed by atoms with Gasteiger partial charge in [-0.2, -0.15) is 0 Å². The van der Waals surface area contributed by atoms with Gasteiger partial charge in [0.15, 0.2) is 0 Å². The number of nitrogens with two attached hydrogens (primary N) is 1. The number of hydrogen-bond donors (Lipinski definition) is 2. The Morgan fingerprint density at radius 1 is 1.17 bits per heavy atom. The summed E-state index contributed by atoms with van der Waals surface area (Å²) in [5.74, 6) is 0.109. The molecule has 2 rings (SSSR count). The van der Waals surface area contributed by atoms with E-state index in [1.54, 1.807) is 11.9 Å². The fourth-order valence-corrected chi connectivity index (χ4v) is 2.47. The molecule has 5 nitrogen and oxygen atoms in total. The minimum atomic E-state index is -0.0409. The molecule has 2 aliphatic rings. The van der Waals surface area contributed by atoms with Crippen molar-refractivity contribution in [1.82, 2.24) is 10.2 Å². The quantitative estimate of drug-likeness (QED) is 0.753. The second kappa shape index (κ2) is 5.69. The molecule has 0 aromatic carbocycles. The van der Waals surface area contributed by atoms with E-state index >= 15 is 0 Å². The van der Waals surface area contributed by atoms with Gasteiger partial charge in [-0.1, -0.05) is 0 Å². The van der Waals surface area contributed by atoms with Crippen molar-refractivity contribution < 1.29 is 9.59 Å². The van der Waals surface area contributed by atoms with Gasteiger partial charge in [-0.3, -0.25) is 9.59 Å². The summed E-state index contributed by atoms with van der Waals surface area (Å²) in [5, 5.41) is 2.90. The number of hydrogen-bond acceptors (Lipinski definition) is 3. The molecule has 0 aliphatic heterocycles. The highest BCUT2D eigenvalue weighted by Gasteiger charge is 2.29. The largest absolute Gasteiger partial charge is 0.352 e. The second-order valence-corrected chi connectivity index (χ2v) is 5.65. The topological polar surface area (TPSA) is 75.4 Å². The van der Waals surface area contributed by atoms with Crippen molar-refractivity contribution in [3.63, 3.8) is 0 Å². The molecule has 0 aromatic rings. The van der Waals surface area contributed by atoms with E-state index in [4.69, 9.17) is 5.73 Å². The first-order chi connectivity index (χ1) is 8.56. The van der Waals surface area contributed by atoms with Gasteiger partial charge in [-0.05, 0) is 38.5 Å². The molecule has 3 N–H and O–H groups in total. The third-order valence-corrected chi connectivity index (χ3v) is 3.82. The second-order valence-electron chi connectivity index (χ2n) is 5.65. The van der Waals surface area contributed by atoms with Crippen LogP contribution in [0.15, 0.2) is 0 Å². The molecule has 0 bridgehead atoms. The van der Waals surface area contributed by atoms with E-state index in [0.717, 1.165) is 38.5 Å². The molecular formula is C13H23N3O2. The summed E-state index contributed by atoms with van der Waals surface area (Å²) in [4.78, 5) is 25.3. The van der Waals surface area contributed by atoms with Gasteiger partial charge in [0.1, 0.15) is 0 Å². The van der Waals surface area contributed by atoms with E-state index in [-0.39, 0.29) is 30.3 Å². The maximum Gasteiger partial charge on any atom is 0.239 e. The molecule has 102 valence electrons. The van der Waals surface area contributed by atoms with Gasteiger partial charge < -0.3 is 16.0 Å². The monoisotopic (exact) mass is 253 g/mol. The zero-order chi connectivity index (χ0) is 13.1. The molecule has 2 amide bonds. The molecule has 0 atom stereocenters. The summed E-state index contributed by atoms with van der Waals surface area (Å²) >= 11 is 0. The van der Waals surface area contributed by atoms with E-state index in [1.165, 1.54) is 0 Å². The Hall–Kier alpha value is -1.10. The van der Waals surface area contributed by atoms with Gasteiger partial charge in [0.25, 0.3) is 0 Å². The summed E-state index contributed by atoms with van der Waals surface area (Å²) in [5.41, 5.74) is 5.83. The van der Waals surface area contributed by atoms with Crippen LogP contribution in [0.4, 0.5) is 0 Å². The summed E-state index contributed by atoms with van der Waals surface area (Å²) in [6, 6.07) is 0.603. The average Bonchev–Trinajstić information content (AvgIpc) is 3.12. The van der Waals surface area contributed by atoms with Crippen LogP contribution in [0.1, 0.15) is 38.5 Å². The number of rotatable bonds is 4. The van der Waals surface area contributed by atoms with Gasteiger partial charge in [0.2, 0.25) is 11.8 Å². The molecule has 0 spiro atoms. The molecule has 2 aliphatic carbocycles.